The molecule has 3 aromatic carbocycles. The number of nitrogens with zero attached hydrogens (tertiary/aromatic N) is 1. The van der Waals surface area contributed by atoms with Crippen LogP contribution in [0.4, 0.5) is 0 Å². The van der Waals surface area contributed by atoms with Crippen molar-refractivity contribution in [3.8, 4) is 5.69 Å². The number of aromatic nitrogens is 1. The predicted octanol–water partition coefficient (Wildman–Crippen LogP) is 3.80. The standard InChI is InChI=1S/C19H16BNO2.C2H6/c1-13-6-9-15(10-7-13)21-18-5-3-2-4-16(18)17-12-14(20(22)23)8-11-19(17)21;1-2/h2-12,22-23H,1H3;1-2H3. The molecule has 126 valence electrons. The first-order chi connectivity index (χ1) is 12.1. The normalized spacial score (nSPS) is 10.6. The van der Waals surface area contributed by atoms with Crippen LogP contribution in [0.25, 0.3) is 27.5 Å². The van der Waals surface area contributed by atoms with Gasteiger partial charge >= 0.3 is 7.12 Å². The fourth-order valence-corrected chi connectivity index (χ4v) is 3.12. The van der Waals surface area contributed by atoms with E-state index in [2.05, 4.69) is 47.9 Å². The molecule has 0 aliphatic heterocycles. The molecular formula is C21H22BNO2. The van der Waals surface area contributed by atoms with E-state index in [4.69, 9.17) is 0 Å². The van der Waals surface area contributed by atoms with Crippen molar-refractivity contribution in [2.24, 2.45) is 0 Å². The van der Waals surface area contributed by atoms with E-state index in [1.165, 1.54) is 5.56 Å². The summed E-state index contributed by atoms with van der Waals surface area (Å²) < 4.78 is 2.21. The molecule has 1 heterocycles. The van der Waals surface area contributed by atoms with Crippen LogP contribution in [-0.2, 0) is 0 Å². The zero-order valence-electron chi connectivity index (χ0n) is 14.8. The smallest absolute Gasteiger partial charge is 0.423 e. The third-order valence-corrected chi connectivity index (χ3v) is 4.29. The summed E-state index contributed by atoms with van der Waals surface area (Å²) in [6.07, 6.45) is 0. The topological polar surface area (TPSA) is 45.4 Å². The molecule has 0 unspecified atom stereocenters. The molecule has 0 aliphatic carbocycles. The summed E-state index contributed by atoms with van der Waals surface area (Å²) >= 11 is 0. The van der Waals surface area contributed by atoms with Crippen molar-refractivity contribution < 1.29 is 10.0 Å². The second kappa shape index (κ2) is 7.13. The molecular weight excluding hydrogens is 309 g/mol. The first-order valence-electron chi connectivity index (χ1n) is 8.61. The average molecular weight is 331 g/mol. The van der Waals surface area contributed by atoms with Crippen molar-refractivity contribution in [1.29, 1.82) is 0 Å². The Kier molecular flexibility index (Phi) is 4.93. The van der Waals surface area contributed by atoms with Gasteiger partial charge in [0.05, 0.1) is 11.0 Å². The van der Waals surface area contributed by atoms with Crippen molar-refractivity contribution in [3.05, 3.63) is 72.3 Å². The number of aryl methyl sites for hydroxylation is 1. The highest BCUT2D eigenvalue weighted by molar-refractivity contribution is 6.59. The summed E-state index contributed by atoms with van der Waals surface area (Å²) in [5.74, 6) is 0. The summed E-state index contributed by atoms with van der Waals surface area (Å²) in [5.41, 5.74) is 4.99. The van der Waals surface area contributed by atoms with Crippen LogP contribution in [0.3, 0.4) is 0 Å². The van der Waals surface area contributed by atoms with Crippen LogP contribution in [0.5, 0.6) is 0 Å². The van der Waals surface area contributed by atoms with Crippen molar-refractivity contribution >= 4 is 34.4 Å². The molecule has 3 nitrogen and oxygen atoms in total. The van der Waals surface area contributed by atoms with Crippen LogP contribution >= 0.6 is 0 Å². The van der Waals surface area contributed by atoms with E-state index in [0.29, 0.717) is 5.46 Å². The lowest BCUT2D eigenvalue weighted by atomic mass is 9.80. The molecule has 0 bridgehead atoms. The fourth-order valence-electron chi connectivity index (χ4n) is 3.12. The maximum Gasteiger partial charge on any atom is 0.488 e. The van der Waals surface area contributed by atoms with Crippen LogP contribution in [-0.4, -0.2) is 21.7 Å². The van der Waals surface area contributed by atoms with E-state index >= 15 is 0 Å². The number of rotatable bonds is 2. The maximum absolute atomic E-state index is 9.46. The molecule has 0 fully saturated rings. The molecule has 4 rings (SSSR count). The van der Waals surface area contributed by atoms with Gasteiger partial charge in [0, 0.05) is 16.5 Å². The van der Waals surface area contributed by atoms with Gasteiger partial charge in [-0.25, -0.2) is 0 Å². The molecule has 4 aromatic rings. The molecule has 0 saturated carbocycles. The molecule has 0 radical (unpaired) electrons. The molecule has 1 aromatic heterocycles. The monoisotopic (exact) mass is 331 g/mol. The minimum Gasteiger partial charge on any atom is -0.423 e. The lowest BCUT2D eigenvalue weighted by Gasteiger charge is -2.08. The third-order valence-electron chi connectivity index (χ3n) is 4.29. The quantitative estimate of drug-likeness (QED) is 0.549. The predicted molar refractivity (Wildman–Crippen MR) is 107 cm³/mol. The SMILES string of the molecule is CC.Cc1ccc(-n2c3ccccc3c3cc(B(O)O)ccc32)cc1. The van der Waals surface area contributed by atoms with Crippen LogP contribution in [0.2, 0.25) is 0 Å². The number of hydrogen-bond donors (Lipinski definition) is 2. The van der Waals surface area contributed by atoms with E-state index in [1.54, 1.807) is 6.07 Å². The van der Waals surface area contributed by atoms with Gasteiger partial charge in [0.2, 0.25) is 0 Å². The van der Waals surface area contributed by atoms with Crippen molar-refractivity contribution in [3.63, 3.8) is 0 Å². The van der Waals surface area contributed by atoms with Crippen LogP contribution < -0.4 is 5.46 Å². The molecule has 0 spiro atoms. The van der Waals surface area contributed by atoms with Gasteiger partial charge in [-0.15, -0.1) is 0 Å². The summed E-state index contributed by atoms with van der Waals surface area (Å²) in [7, 11) is -1.46. The number of hydrogen-bond acceptors (Lipinski definition) is 2. The zero-order chi connectivity index (χ0) is 18.0. The zero-order valence-corrected chi connectivity index (χ0v) is 14.8. The van der Waals surface area contributed by atoms with Crippen molar-refractivity contribution in [2.45, 2.75) is 20.8 Å². The van der Waals surface area contributed by atoms with Gasteiger partial charge < -0.3 is 14.6 Å². The summed E-state index contributed by atoms with van der Waals surface area (Å²) in [5, 5.41) is 21.0. The summed E-state index contributed by atoms with van der Waals surface area (Å²) in [6, 6.07) is 22.2. The minimum atomic E-state index is -1.46. The van der Waals surface area contributed by atoms with E-state index < -0.39 is 7.12 Å². The Morgan fingerprint density at radius 2 is 1.40 bits per heavy atom. The van der Waals surface area contributed by atoms with Gasteiger partial charge in [-0.05, 0) is 36.7 Å². The molecule has 4 heteroatoms. The first-order valence-corrected chi connectivity index (χ1v) is 8.61. The Morgan fingerprint density at radius 3 is 2.08 bits per heavy atom. The number of fused-ring (bicyclic) bond motifs is 3. The number of para-hydroxylation sites is 1. The minimum absolute atomic E-state index is 0.504. The van der Waals surface area contributed by atoms with Crippen LogP contribution in [0, 0.1) is 6.92 Å². The van der Waals surface area contributed by atoms with Crippen molar-refractivity contribution in [1.82, 2.24) is 4.57 Å². The van der Waals surface area contributed by atoms with Crippen LogP contribution in [0.15, 0.2) is 66.7 Å². The highest BCUT2D eigenvalue weighted by Crippen LogP contribution is 2.31. The Morgan fingerprint density at radius 1 is 0.760 bits per heavy atom. The van der Waals surface area contributed by atoms with E-state index in [-0.39, 0.29) is 0 Å². The highest BCUT2D eigenvalue weighted by atomic mass is 16.4. The van der Waals surface area contributed by atoms with E-state index in [1.807, 2.05) is 38.1 Å². The molecule has 0 aliphatic rings. The van der Waals surface area contributed by atoms with E-state index in [9.17, 15) is 10.0 Å². The van der Waals surface area contributed by atoms with Gasteiger partial charge in [0.25, 0.3) is 0 Å². The summed E-state index contributed by atoms with van der Waals surface area (Å²) in [6.45, 7) is 6.07. The van der Waals surface area contributed by atoms with Gasteiger partial charge in [0.15, 0.2) is 0 Å². The maximum atomic E-state index is 9.46. The number of benzene rings is 3. The van der Waals surface area contributed by atoms with E-state index in [0.717, 1.165) is 27.5 Å². The second-order valence-electron chi connectivity index (χ2n) is 5.84. The molecule has 0 atom stereocenters. The molecule has 0 saturated heterocycles. The highest BCUT2D eigenvalue weighted by Gasteiger charge is 2.16. The van der Waals surface area contributed by atoms with Crippen molar-refractivity contribution in [2.75, 3.05) is 0 Å². The Hall–Kier alpha value is -2.56. The first kappa shape index (κ1) is 17.3. The molecule has 25 heavy (non-hydrogen) atoms. The molecule has 2 N–H and O–H groups in total. The van der Waals surface area contributed by atoms with Gasteiger partial charge in [-0.1, -0.05) is 61.9 Å². The Balaban J connectivity index is 0.000000880. The second-order valence-corrected chi connectivity index (χ2v) is 5.84. The lowest BCUT2D eigenvalue weighted by molar-refractivity contribution is 0.426. The Bertz CT molecular complexity index is 1000. The van der Waals surface area contributed by atoms with Gasteiger partial charge in [-0.2, -0.15) is 0 Å². The fraction of sp³-hybridized carbons (Fsp3) is 0.143. The van der Waals surface area contributed by atoms with Gasteiger partial charge in [0.1, 0.15) is 0 Å². The van der Waals surface area contributed by atoms with Crippen LogP contribution in [0.1, 0.15) is 19.4 Å². The van der Waals surface area contributed by atoms with Gasteiger partial charge in [-0.3, -0.25) is 0 Å². The lowest BCUT2D eigenvalue weighted by Crippen LogP contribution is -2.29. The summed E-state index contributed by atoms with van der Waals surface area (Å²) in [4.78, 5) is 0. The molecule has 0 amide bonds. The third kappa shape index (κ3) is 3.06. The largest absolute Gasteiger partial charge is 0.488 e. The average Bonchev–Trinajstić information content (AvgIpc) is 2.98. The Labute approximate surface area is 148 Å².